The van der Waals surface area contributed by atoms with Crippen LogP contribution in [0, 0.1) is 0 Å². The molecule has 1 fully saturated rings. The van der Waals surface area contributed by atoms with E-state index in [9.17, 15) is 4.79 Å². The summed E-state index contributed by atoms with van der Waals surface area (Å²) in [7, 11) is -1.95. The summed E-state index contributed by atoms with van der Waals surface area (Å²) in [4.78, 5) is 12.7. The SMILES string of the molecule is CC[C@]1(c2ccccc2)C(=O)O[C@@H]1C[C@@H](CCc1ccccc1)O[Si](C)(C)C(C)(C)C. The molecule has 3 nitrogen and oxygen atoms in total. The first kappa shape index (κ1) is 23.7. The molecule has 1 aliphatic rings. The summed E-state index contributed by atoms with van der Waals surface area (Å²) in [5.74, 6) is -0.0969. The topological polar surface area (TPSA) is 35.5 Å². The lowest BCUT2D eigenvalue weighted by Gasteiger charge is -2.49. The number of hydrogen-bond acceptors (Lipinski definition) is 3. The van der Waals surface area contributed by atoms with E-state index in [0.717, 1.165) is 31.2 Å². The summed E-state index contributed by atoms with van der Waals surface area (Å²) in [6, 6.07) is 20.7. The van der Waals surface area contributed by atoms with Gasteiger partial charge in [0.05, 0.1) is 0 Å². The number of benzene rings is 2. The predicted octanol–water partition coefficient (Wildman–Crippen LogP) is 6.67. The quantitative estimate of drug-likeness (QED) is 0.324. The molecule has 0 saturated carbocycles. The highest BCUT2D eigenvalue weighted by Crippen LogP contribution is 2.46. The molecule has 0 unspecified atom stereocenters. The fraction of sp³-hybridized carbons (Fsp3) is 0.519. The van der Waals surface area contributed by atoms with Gasteiger partial charge in [0.25, 0.3) is 0 Å². The molecule has 0 radical (unpaired) electrons. The van der Waals surface area contributed by atoms with Gasteiger partial charge in [0, 0.05) is 12.5 Å². The van der Waals surface area contributed by atoms with Crippen molar-refractivity contribution in [2.75, 3.05) is 0 Å². The average molecular weight is 439 g/mol. The minimum absolute atomic E-state index is 0.0637. The normalized spacial score (nSPS) is 22.5. The summed E-state index contributed by atoms with van der Waals surface area (Å²) in [5.41, 5.74) is 1.83. The van der Waals surface area contributed by atoms with Gasteiger partial charge < -0.3 is 9.16 Å². The molecule has 0 bridgehead atoms. The van der Waals surface area contributed by atoms with E-state index in [0.29, 0.717) is 0 Å². The van der Waals surface area contributed by atoms with E-state index in [1.54, 1.807) is 0 Å². The molecular formula is C27H38O3Si. The molecule has 0 aromatic heterocycles. The molecule has 0 spiro atoms. The fourth-order valence-corrected chi connectivity index (χ4v) is 5.70. The molecule has 0 N–H and O–H groups in total. The van der Waals surface area contributed by atoms with Crippen LogP contribution in [0.1, 0.15) is 58.1 Å². The summed E-state index contributed by atoms with van der Waals surface area (Å²) in [6.45, 7) is 13.5. The number of carbonyl (C=O) groups excluding carboxylic acids is 1. The van der Waals surface area contributed by atoms with Crippen molar-refractivity contribution in [3.8, 4) is 0 Å². The van der Waals surface area contributed by atoms with Gasteiger partial charge in [-0.2, -0.15) is 0 Å². The monoisotopic (exact) mass is 438 g/mol. The Morgan fingerprint density at radius 1 is 1.03 bits per heavy atom. The lowest BCUT2D eigenvalue weighted by molar-refractivity contribution is -0.195. The molecule has 1 aliphatic heterocycles. The Bertz CT molecular complexity index is 857. The highest BCUT2D eigenvalue weighted by Gasteiger charge is 2.58. The predicted molar refractivity (Wildman–Crippen MR) is 130 cm³/mol. The largest absolute Gasteiger partial charge is 0.460 e. The average Bonchev–Trinajstić information content (AvgIpc) is 2.73. The lowest BCUT2D eigenvalue weighted by atomic mass is 9.68. The lowest BCUT2D eigenvalue weighted by Crippen LogP contribution is -2.61. The first-order valence-corrected chi connectivity index (χ1v) is 14.5. The summed E-state index contributed by atoms with van der Waals surface area (Å²) >= 11 is 0. The highest BCUT2D eigenvalue weighted by atomic mass is 28.4. The number of ether oxygens (including phenoxy) is 1. The van der Waals surface area contributed by atoms with Crippen LogP contribution < -0.4 is 0 Å². The molecule has 0 aliphatic carbocycles. The molecule has 3 atom stereocenters. The molecule has 2 aromatic rings. The summed E-state index contributed by atoms with van der Waals surface area (Å²) in [6.07, 6.45) is 3.30. The zero-order valence-electron chi connectivity index (χ0n) is 20.0. The highest BCUT2D eigenvalue weighted by molar-refractivity contribution is 6.74. The Kier molecular flexibility index (Phi) is 7.12. The maximum atomic E-state index is 12.7. The van der Waals surface area contributed by atoms with Crippen molar-refractivity contribution in [1.29, 1.82) is 0 Å². The first-order valence-electron chi connectivity index (χ1n) is 11.6. The number of esters is 1. The number of cyclic esters (lactones) is 1. The number of hydrogen-bond donors (Lipinski definition) is 0. The van der Waals surface area contributed by atoms with Gasteiger partial charge in [0.2, 0.25) is 0 Å². The van der Waals surface area contributed by atoms with Crippen LogP contribution in [-0.4, -0.2) is 26.5 Å². The van der Waals surface area contributed by atoms with Crippen molar-refractivity contribution in [2.24, 2.45) is 0 Å². The molecular weight excluding hydrogens is 400 g/mol. The molecule has 0 amide bonds. The third kappa shape index (κ3) is 4.96. The molecule has 4 heteroatoms. The summed E-state index contributed by atoms with van der Waals surface area (Å²) in [5, 5.41) is 0.134. The Hall–Kier alpha value is -1.91. The third-order valence-electron chi connectivity index (χ3n) is 7.35. The van der Waals surface area contributed by atoms with E-state index in [1.807, 2.05) is 18.2 Å². The second-order valence-electron chi connectivity index (χ2n) is 10.3. The van der Waals surface area contributed by atoms with Crippen LogP contribution in [0.2, 0.25) is 18.1 Å². The minimum atomic E-state index is -1.95. The fourth-order valence-electron chi connectivity index (χ4n) is 4.30. The number of carbonyl (C=O) groups is 1. The smallest absolute Gasteiger partial charge is 0.320 e. The van der Waals surface area contributed by atoms with Crippen LogP contribution in [0.25, 0.3) is 0 Å². The van der Waals surface area contributed by atoms with Gasteiger partial charge in [-0.05, 0) is 48.5 Å². The van der Waals surface area contributed by atoms with Crippen LogP contribution in [0.15, 0.2) is 60.7 Å². The molecule has 31 heavy (non-hydrogen) atoms. The van der Waals surface area contributed by atoms with E-state index in [4.69, 9.17) is 9.16 Å². The van der Waals surface area contributed by atoms with Gasteiger partial charge in [0.1, 0.15) is 11.5 Å². The molecule has 1 saturated heterocycles. The van der Waals surface area contributed by atoms with Gasteiger partial charge >= 0.3 is 5.97 Å². The maximum Gasteiger partial charge on any atom is 0.320 e. The second-order valence-corrected chi connectivity index (χ2v) is 15.1. The van der Waals surface area contributed by atoms with Crippen molar-refractivity contribution in [3.05, 3.63) is 71.8 Å². The Morgan fingerprint density at radius 2 is 1.61 bits per heavy atom. The standard InChI is InChI=1S/C27H38O3Si/c1-7-27(22-16-12-9-13-17-22)24(29-25(27)28)20-23(30-31(5,6)26(2,3)4)19-18-21-14-10-8-11-15-21/h8-17,23-24H,7,18-20H2,1-6H3/t23-,24-,27-/m1/s1. The maximum absolute atomic E-state index is 12.7. The molecule has 3 rings (SSSR count). The molecule has 2 aromatic carbocycles. The van der Waals surface area contributed by atoms with E-state index in [-0.39, 0.29) is 23.2 Å². The Labute approximate surface area is 189 Å². The molecule has 168 valence electrons. The summed E-state index contributed by atoms with van der Waals surface area (Å²) < 4.78 is 12.7. The van der Waals surface area contributed by atoms with Crippen molar-refractivity contribution < 1.29 is 14.0 Å². The van der Waals surface area contributed by atoms with Gasteiger partial charge in [-0.15, -0.1) is 0 Å². The van der Waals surface area contributed by atoms with Gasteiger partial charge in [-0.3, -0.25) is 4.79 Å². The van der Waals surface area contributed by atoms with E-state index in [1.165, 1.54) is 5.56 Å². The van der Waals surface area contributed by atoms with Gasteiger partial charge in [-0.25, -0.2) is 0 Å². The Morgan fingerprint density at radius 3 is 2.13 bits per heavy atom. The first-order chi connectivity index (χ1) is 14.6. The zero-order chi connectivity index (χ0) is 22.7. The van der Waals surface area contributed by atoms with E-state index < -0.39 is 13.7 Å². The third-order valence-corrected chi connectivity index (χ3v) is 11.9. The van der Waals surface area contributed by atoms with Crippen molar-refractivity contribution in [1.82, 2.24) is 0 Å². The van der Waals surface area contributed by atoms with Crippen molar-refractivity contribution in [3.63, 3.8) is 0 Å². The van der Waals surface area contributed by atoms with Crippen LogP contribution in [-0.2, 0) is 25.8 Å². The Balaban J connectivity index is 1.82. The van der Waals surface area contributed by atoms with Crippen LogP contribution in [0.3, 0.4) is 0 Å². The van der Waals surface area contributed by atoms with E-state index >= 15 is 0 Å². The van der Waals surface area contributed by atoms with E-state index in [2.05, 4.69) is 83.3 Å². The second kappa shape index (κ2) is 9.29. The van der Waals surface area contributed by atoms with Gasteiger partial charge in [0.15, 0.2) is 8.32 Å². The van der Waals surface area contributed by atoms with Crippen molar-refractivity contribution >= 4 is 14.3 Å². The number of rotatable bonds is 9. The minimum Gasteiger partial charge on any atom is -0.460 e. The van der Waals surface area contributed by atoms with Gasteiger partial charge in [-0.1, -0.05) is 88.4 Å². The number of aryl methyl sites for hydroxylation is 1. The van der Waals surface area contributed by atoms with Crippen LogP contribution in [0.4, 0.5) is 0 Å². The van der Waals surface area contributed by atoms with Crippen LogP contribution in [0.5, 0.6) is 0 Å². The van der Waals surface area contributed by atoms with Crippen molar-refractivity contribution in [2.45, 2.75) is 89.1 Å². The van der Waals surface area contributed by atoms with Crippen LogP contribution >= 0.6 is 0 Å². The zero-order valence-corrected chi connectivity index (χ0v) is 21.0. The molecule has 1 heterocycles.